The molecule has 5 rings (SSSR count). The van der Waals surface area contributed by atoms with Crippen molar-refractivity contribution in [2.24, 2.45) is 46.3 Å². The van der Waals surface area contributed by atoms with Crippen LogP contribution in [0.1, 0.15) is 89.8 Å². The molecule has 5 aliphatic rings. The van der Waals surface area contributed by atoms with Gasteiger partial charge in [0, 0.05) is 23.3 Å². The summed E-state index contributed by atoms with van der Waals surface area (Å²) in [6, 6.07) is 0. The Bertz CT molecular complexity index is 734. The van der Waals surface area contributed by atoms with Crippen molar-refractivity contribution < 1.29 is 23.7 Å². The third-order valence-corrected chi connectivity index (χ3v) is 10.9. The second kappa shape index (κ2) is 9.97. The van der Waals surface area contributed by atoms with Gasteiger partial charge in [-0.15, -0.1) is 0 Å². The lowest BCUT2D eigenvalue weighted by atomic mass is 9.44. The van der Waals surface area contributed by atoms with Crippen LogP contribution in [0.2, 0.25) is 0 Å². The van der Waals surface area contributed by atoms with Crippen LogP contribution in [0.4, 0.5) is 0 Å². The van der Waals surface area contributed by atoms with E-state index in [0.29, 0.717) is 35.7 Å². The molecule has 5 heteroatoms. The van der Waals surface area contributed by atoms with Crippen LogP contribution in [0, 0.1) is 46.3 Å². The van der Waals surface area contributed by atoms with E-state index in [-0.39, 0.29) is 10.8 Å². The molecule has 0 amide bonds. The molecule has 0 aromatic carbocycles. The van der Waals surface area contributed by atoms with Gasteiger partial charge in [0.05, 0.1) is 19.8 Å². The number of aliphatic carboxylic acids is 1. The van der Waals surface area contributed by atoms with Gasteiger partial charge in [-0.25, -0.2) is 0 Å². The number of carbonyl (C=O) groups excluding carboxylic acids is 1. The fourth-order valence-electron chi connectivity index (χ4n) is 9.09. The maximum Gasteiger partial charge on any atom is 0.317 e. The monoisotopic (exact) mass is 467 g/mol. The van der Waals surface area contributed by atoms with Crippen LogP contribution in [-0.2, 0) is 14.3 Å². The van der Waals surface area contributed by atoms with E-state index in [2.05, 4.69) is 20.8 Å². The van der Waals surface area contributed by atoms with Crippen LogP contribution >= 0.6 is 0 Å². The molecule has 1 N–H and O–H groups in total. The Morgan fingerprint density at radius 1 is 0.970 bits per heavy atom. The van der Waals surface area contributed by atoms with E-state index in [0.717, 1.165) is 42.7 Å². The highest BCUT2D eigenvalue weighted by Crippen LogP contribution is 2.67. The highest BCUT2D eigenvalue weighted by Gasteiger charge is 2.60. The molecule has 5 fully saturated rings. The molecule has 0 radical (unpaired) electrons. The minimum Gasteiger partial charge on any atom is -0.480 e. The molecule has 1 aliphatic heterocycles. The first kappa shape index (κ1) is 25.2. The van der Waals surface area contributed by atoms with E-state index in [1.165, 1.54) is 57.8 Å². The van der Waals surface area contributed by atoms with Crippen molar-refractivity contribution in [3.63, 3.8) is 0 Å². The molecule has 5 nitrogen and oxygen atoms in total. The number of Topliss-reactive ketones (excluding diaryl/α,β-unsaturated/α-hetero) is 1. The quantitative estimate of drug-likeness (QED) is 0.550. The zero-order chi connectivity index (χ0) is 23.8. The van der Waals surface area contributed by atoms with Crippen LogP contribution in [-0.4, -0.2) is 54.6 Å². The summed E-state index contributed by atoms with van der Waals surface area (Å²) in [5.41, 5.74) is 0.948. The molecular weight excluding hydrogens is 414 g/mol. The van der Waals surface area contributed by atoms with Gasteiger partial charge in [0.15, 0.2) is 0 Å². The van der Waals surface area contributed by atoms with Crippen LogP contribution in [0.5, 0.6) is 0 Å². The topological polar surface area (TPSA) is 66.8 Å². The Kier molecular flexibility index (Phi) is 7.60. The Morgan fingerprint density at radius 3 is 2.30 bits per heavy atom. The van der Waals surface area contributed by atoms with Gasteiger partial charge in [-0.1, -0.05) is 27.2 Å². The van der Waals surface area contributed by atoms with E-state index in [1.807, 2.05) is 11.8 Å². The van der Waals surface area contributed by atoms with Crippen molar-refractivity contribution in [3.8, 4) is 0 Å². The molecule has 33 heavy (non-hydrogen) atoms. The minimum absolute atomic E-state index is 0. The predicted molar refractivity (Wildman–Crippen MR) is 136 cm³/mol. The first-order valence-electron chi connectivity index (χ1n) is 13.7. The molecule has 0 bridgehead atoms. The fraction of sp³-hybridized carbons (Fsp3) is 0.929. The summed E-state index contributed by atoms with van der Waals surface area (Å²) in [5, 5.41) is 8.38. The number of hydrogen-bond donors (Lipinski definition) is 1. The van der Waals surface area contributed by atoms with Gasteiger partial charge in [-0.3, -0.25) is 14.5 Å². The van der Waals surface area contributed by atoms with E-state index < -0.39 is 5.97 Å². The smallest absolute Gasteiger partial charge is 0.317 e. The normalized spacial score (nSPS) is 45.1. The molecule has 0 spiro atoms. The second-order valence-electron chi connectivity index (χ2n) is 12.6. The molecule has 8 atom stereocenters. The number of hydrogen-bond acceptors (Lipinski definition) is 4. The summed E-state index contributed by atoms with van der Waals surface area (Å²) in [5.74, 6) is 4.73. The zero-order valence-corrected chi connectivity index (χ0v) is 21.5. The number of ether oxygens (including phenoxy) is 1. The van der Waals surface area contributed by atoms with Crippen LogP contribution in [0.3, 0.4) is 0 Å². The van der Waals surface area contributed by atoms with Crippen molar-refractivity contribution in [1.82, 2.24) is 4.90 Å². The lowest BCUT2D eigenvalue weighted by molar-refractivity contribution is -0.139. The Labute approximate surface area is 205 Å². The number of carbonyl (C=O) groups is 2. The molecule has 4 saturated carbocycles. The molecule has 4 aliphatic carbocycles. The summed E-state index contributed by atoms with van der Waals surface area (Å²) in [7, 11) is 0. The number of ketones is 1. The van der Waals surface area contributed by atoms with Crippen LogP contribution < -0.4 is 0 Å². The Hall–Kier alpha value is -0.940. The summed E-state index contributed by atoms with van der Waals surface area (Å²) in [4.78, 5) is 24.2. The average molecular weight is 468 g/mol. The SMILES string of the molecule is CC(=O)[C@H]1CCC2[C@@H]3CCC4C[C@@H](C)CC[C@]4(C)C3CC[C@@]21C.O=C(O)CN1CCOCC1.[HH].[HH].[HH]. The molecule has 1 saturated heterocycles. The van der Waals surface area contributed by atoms with Crippen molar-refractivity contribution in [2.75, 3.05) is 32.8 Å². The standard InChI is InChI=1S/C22H36O.C6H11NO3.3H2/c1-14-9-11-21(3)16(13-14)5-6-17-19-8-7-18(15(2)23)22(19,4)12-10-20(17)21;8-6(9)5-7-1-3-10-4-2-7;;;/h14,16-20H,5-13H2,1-4H3;1-5H2,(H,8,9);3*1H/t14-,16?,17-,18+,19?,20?,21-,22+;;;;/m0..../s1. The van der Waals surface area contributed by atoms with Crippen LogP contribution in [0.25, 0.3) is 0 Å². The third-order valence-electron chi connectivity index (χ3n) is 10.9. The van der Waals surface area contributed by atoms with Crippen molar-refractivity contribution in [3.05, 3.63) is 0 Å². The number of carboxylic acids is 1. The highest BCUT2D eigenvalue weighted by atomic mass is 16.5. The first-order chi connectivity index (χ1) is 15.6. The van der Waals surface area contributed by atoms with E-state index in [9.17, 15) is 9.59 Å². The van der Waals surface area contributed by atoms with Gasteiger partial charge in [0.2, 0.25) is 0 Å². The van der Waals surface area contributed by atoms with Crippen molar-refractivity contribution >= 4 is 11.8 Å². The summed E-state index contributed by atoms with van der Waals surface area (Å²) < 4.78 is 5.05. The Morgan fingerprint density at radius 2 is 1.64 bits per heavy atom. The van der Waals surface area contributed by atoms with Gasteiger partial charge in [0.25, 0.3) is 0 Å². The Balaban J connectivity index is 0.000000429. The molecule has 0 aromatic heterocycles. The lowest BCUT2D eigenvalue weighted by Crippen LogP contribution is -2.53. The zero-order valence-electron chi connectivity index (χ0n) is 21.5. The number of rotatable bonds is 3. The van der Waals surface area contributed by atoms with Gasteiger partial charge >= 0.3 is 5.97 Å². The van der Waals surface area contributed by atoms with Gasteiger partial charge in [-0.2, -0.15) is 0 Å². The maximum atomic E-state index is 12.2. The van der Waals surface area contributed by atoms with Crippen LogP contribution in [0.15, 0.2) is 0 Å². The summed E-state index contributed by atoms with van der Waals surface area (Å²) in [6.07, 6.45) is 12.6. The fourth-order valence-corrected chi connectivity index (χ4v) is 9.09. The van der Waals surface area contributed by atoms with Crippen molar-refractivity contribution in [1.29, 1.82) is 0 Å². The van der Waals surface area contributed by atoms with E-state index in [4.69, 9.17) is 9.84 Å². The van der Waals surface area contributed by atoms with E-state index in [1.54, 1.807) is 0 Å². The summed E-state index contributed by atoms with van der Waals surface area (Å²) in [6.45, 7) is 12.4. The minimum atomic E-state index is -0.762. The molecule has 194 valence electrons. The molecule has 3 unspecified atom stereocenters. The molecule has 1 heterocycles. The largest absolute Gasteiger partial charge is 0.480 e. The lowest BCUT2D eigenvalue weighted by Gasteiger charge is -2.61. The highest BCUT2D eigenvalue weighted by molar-refractivity contribution is 5.79. The molecule has 0 aromatic rings. The van der Waals surface area contributed by atoms with Gasteiger partial charge in [0.1, 0.15) is 5.78 Å². The summed E-state index contributed by atoms with van der Waals surface area (Å²) >= 11 is 0. The number of carboxylic acid groups (broad SMARTS) is 1. The van der Waals surface area contributed by atoms with Gasteiger partial charge < -0.3 is 9.84 Å². The maximum absolute atomic E-state index is 12.2. The molecular formula is C28H53NO4. The first-order valence-corrected chi connectivity index (χ1v) is 13.7. The van der Waals surface area contributed by atoms with E-state index >= 15 is 0 Å². The van der Waals surface area contributed by atoms with Gasteiger partial charge in [-0.05, 0) is 98.7 Å². The average Bonchev–Trinajstić information content (AvgIpc) is 3.12. The van der Waals surface area contributed by atoms with Crippen molar-refractivity contribution in [2.45, 2.75) is 85.5 Å². The number of morpholine rings is 1. The second-order valence-corrected chi connectivity index (χ2v) is 12.6. The number of fused-ring (bicyclic) bond motifs is 5. The predicted octanol–water partition coefficient (Wildman–Crippen LogP) is 6.01. The number of nitrogens with zero attached hydrogens (tertiary/aromatic N) is 1. The third kappa shape index (κ3) is 4.91.